The topological polar surface area (TPSA) is 38.8 Å². The molecule has 0 radical (unpaired) electrons. The fourth-order valence-electron chi connectivity index (χ4n) is 2.22. The first-order valence-electron chi connectivity index (χ1n) is 6.52. The Kier molecular flexibility index (Phi) is 6.06. The monoisotopic (exact) mass is 331 g/mol. The molecule has 0 unspecified atom stereocenters. The smallest absolute Gasteiger partial charge is 0.445 e. The van der Waals surface area contributed by atoms with Crippen LogP contribution in [0.5, 0.6) is 0 Å². The Hall–Kier alpha value is 0.461. The number of hydrogen-bond donors (Lipinski definition) is 0. The molecule has 21 heavy (non-hydrogen) atoms. The molecule has 114 valence electrons. The number of hydrogen-bond acceptors (Lipinski definition) is 3. The minimum absolute atomic E-state index is 0. The maximum Gasteiger partial charge on any atom is 1.00 e. The zero-order valence-electron chi connectivity index (χ0n) is 12.8. The number of amides is 1. The molecule has 0 aromatic carbocycles. The summed E-state index contributed by atoms with van der Waals surface area (Å²) in [5.41, 5.74) is -1.84. The van der Waals surface area contributed by atoms with Crippen molar-refractivity contribution in [1.29, 1.82) is 0 Å². The van der Waals surface area contributed by atoms with Crippen LogP contribution < -0.4 is 51.4 Å². The Bertz CT molecular complexity index is 442. The fraction of sp³-hybridized carbons (Fsp3) is 0.750. The van der Waals surface area contributed by atoms with Crippen molar-refractivity contribution in [3.8, 4) is 0 Å². The van der Waals surface area contributed by atoms with E-state index in [1.807, 2.05) is 0 Å². The van der Waals surface area contributed by atoms with Crippen LogP contribution in [0.3, 0.4) is 0 Å². The molecular weight excluding hydrogens is 313 g/mol. The minimum atomic E-state index is -4.97. The summed E-state index contributed by atoms with van der Waals surface area (Å²) in [7, 11) is 0. The maximum absolute atomic E-state index is 12.5. The summed E-state index contributed by atoms with van der Waals surface area (Å²) in [6, 6.07) is 0. The van der Waals surface area contributed by atoms with Crippen LogP contribution in [0, 0.1) is 0 Å². The van der Waals surface area contributed by atoms with E-state index in [0.717, 1.165) is 0 Å². The van der Waals surface area contributed by atoms with Gasteiger partial charge in [0.2, 0.25) is 0 Å². The molecule has 1 saturated heterocycles. The van der Waals surface area contributed by atoms with Gasteiger partial charge in [-0.3, -0.25) is 0 Å². The maximum atomic E-state index is 12.5. The number of carbonyl (C=O) groups is 1. The summed E-state index contributed by atoms with van der Waals surface area (Å²) in [5, 5.41) is 0. The van der Waals surface area contributed by atoms with Gasteiger partial charge >= 0.3 is 64.5 Å². The van der Waals surface area contributed by atoms with Gasteiger partial charge in [-0.05, 0) is 27.2 Å². The summed E-state index contributed by atoms with van der Waals surface area (Å²) in [6.07, 6.45) is 0.917. The van der Waals surface area contributed by atoms with Gasteiger partial charge in [0.25, 0.3) is 0 Å². The third-order valence-electron chi connectivity index (χ3n) is 3.31. The number of likely N-dealkylation sites (tertiary alicyclic amines) is 1. The van der Waals surface area contributed by atoms with Gasteiger partial charge in [-0.25, -0.2) is 4.79 Å². The Morgan fingerprint density at radius 1 is 1.38 bits per heavy atom. The van der Waals surface area contributed by atoms with Crippen molar-refractivity contribution in [2.75, 3.05) is 19.7 Å². The molecular formula is C12H18BF3KNO3. The molecule has 4 nitrogen and oxygen atoms in total. The summed E-state index contributed by atoms with van der Waals surface area (Å²) >= 11 is 0. The molecule has 2 heterocycles. The Balaban J connectivity index is 0.00000220. The van der Waals surface area contributed by atoms with Crippen molar-refractivity contribution in [1.82, 2.24) is 4.90 Å². The number of halogens is 3. The van der Waals surface area contributed by atoms with E-state index < -0.39 is 36.4 Å². The molecule has 1 fully saturated rings. The molecule has 1 spiro atoms. The second-order valence-electron chi connectivity index (χ2n) is 6.37. The van der Waals surface area contributed by atoms with Crippen molar-refractivity contribution in [2.24, 2.45) is 0 Å². The van der Waals surface area contributed by atoms with Gasteiger partial charge in [-0.2, -0.15) is 0 Å². The SMILES string of the molecule is CC(C)(C)OC(=O)N1CC2(CC=C([B-](F)(F)F)CO2)C1.[K+]. The third kappa shape index (κ3) is 4.97. The van der Waals surface area contributed by atoms with Crippen molar-refractivity contribution in [2.45, 2.75) is 38.4 Å². The summed E-state index contributed by atoms with van der Waals surface area (Å²) < 4.78 is 48.1. The van der Waals surface area contributed by atoms with Gasteiger partial charge in [0.15, 0.2) is 0 Å². The van der Waals surface area contributed by atoms with E-state index in [4.69, 9.17) is 9.47 Å². The van der Waals surface area contributed by atoms with E-state index in [0.29, 0.717) is 0 Å². The first-order chi connectivity index (χ1) is 9.01. The van der Waals surface area contributed by atoms with Crippen LogP contribution in [0.25, 0.3) is 0 Å². The van der Waals surface area contributed by atoms with E-state index in [1.54, 1.807) is 20.8 Å². The van der Waals surface area contributed by atoms with Gasteiger partial charge in [-0.1, -0.05) is 0 Å². The number of carbonyl (C=O) groups excluding carboxylic acids is 1. The predicted molar refractivity (Wildman–Crippen MR) is 68.3 cm³/mol. The Labute approximate surface area is 164 Å². The zero-order chi connectivity index (χ0) is 15.2. The van der Waals surface area contributed by atoms with Gasteiger partial charge in [0.1, 0.15) is 11.2 Å². The molecule has 2 aliphatic heterocycles. The zero-order valence-corrected chi connectivity index (χ0v) is 15.9. The molecule has 1 amide bonds. The third-order valence-corrected chi connectivity index (χ3v) is 3.31. The standard InChI is InChI=1S/C12H18BF3NO3.K/c1-11(2,3)20-10(18)17-7-12(8-17)5-4-9(6-19-12)13(14,15)16;/h4H,5-8H2,1-3H3;/q-1;+1. The average Bonchev–Trinajstić information content (AvgIpc) is 2.22. The van der Waals surface area contributed by atoms with E-state index in [2.05, 4.69) is 0 Å². The Morgan fingerprint density at radius 3 is 2.33 bits per heavy atom. The molecule has 0 N–H and O–H groups in total. The van der Waals surface area contributed by atoms with Crippen molar-refractivity contribution in [3.63, 3.8) is 0 Å². The van der Waals surface area contributed by atoms with Gasteiger partial charge < -0.3 is 27.3 Å². The summed E-state index contributed by atoms with van der Waals surface area (Å²) in [5.74, 6) is 0. The van der Waals surface area contributed by atoms with Gasteiger partial charge in [-0.15, -0.1) is 11.5 Å². The number of rotatable bonds is 1. The molecule has 0 aliphatic carbocycles. The average molecular weight is 331 g/mol. The largest absolute Gasteiger partial charge is 1.00 e. The van der Waals surface area contributed by atoms with E-state index in [9.17, 15) is 17.7 Å². The van der Waals surface area contributed by atoms with Crippen LogP contribution in [0.4, 0.5) is 17.7 Å². The molecule has 9 heteroatoms. The van der Waals surface area contributed by atoms with Crippen molar-refractivity contribution < 1.29 is 78.6 Å². The summed E-state index contributed by atoms with van der Waals surface area (Å²) in [6.45, 7) is 0.438. The first kappa shape index (κ1) is 19.5. The quantitative estimate of drug-likeness (QED) is 0.620. The molecule has 0 aromatic heterocycles. The molecule has 2 aliphatic rings. The molecule has 0 bridgehead atoms. The molecule has 0 atom stereocenters. The van der Waals surface area contributed by atoms with E-state index in [1.165, 1.54) is 11.0 Å². The van der Waals surface area contributed by atoms with Gasteiger partial charge in [0.05, 0.1) is 13.1 Å². The normalized spacial score (nSPS) is 21.2. The molecule has 2 rings (SSSR count). The van der Waals surface area contributed by atoms with Crippen LogP contribution in [0.1, 0.15) is 27.2 Å². The van der Waals surface area contributed by atoms with Crippen molar-refractivity contribution >= 4 is 13.1 Å². The van der Waals surface area contributed by atoms with Gasteiger partial charge in [0, 0.05) is 6.61 Å². The number of ether oxygens (including phenoxy) is 2. The molecule has 0 aromatic rings. The molecule has 0 saturated carbocycles. The Morgan fingerprint density at radius 2 is 1.95 bits per heavy atom. The first-order valence-corrected chi connectivity index (χ1v) is 6.52. The van der Waals surface area contributed by atoms with Crippen LogP contribution in [-0.4, -0.2) is 48.9 Å². The second kappa shape index (κ2) is 6.53. The van der Waals surface area contributed by atoms with Crippen LogP contribution in [-0.2, 0) is 9.47 Å². The second-order valence-corrected chi connectivity index (χ2v) is 6.37. The van der Waals surface area contributed by atoms with Crippen LogP contribution in [0.15, 0.2) is 11.5 Å². The van der Waals surface area contributed by atoms with E-state index in [-0.39, 0.29) is 70.9 Å². The van der Waals surface area contributed by atoms with Crippen molar-refractivity contribution in [3.05, 3.63) is 11.5 Å². The van der Waals surface area contributed by atoms with E-state index >= 15 is 0 Å². The summed E-state index contributed by atoms with van der Waals surface area (Å²) in [4.78, 5) is 13.2. The van der Waals surface area contributed by atoms with Crippen LogP contribution in [0.2, 0.25) is 0 Å². The number of nitrogens with zero attached hydrogens (tertiary/aromatic N) is 1. The van der Waals surface area contributed by atoms with Crippen LogP contribution >= 0.6 is 0 Å². The predicted octanol–water partition coefficient (Wildman–Crippen LogP) is -0.287. The fourth-order valence-corrected chi connectivity index (χ4v) is 2.22. The minimum Gasteiger partial charge on any atom is -0.445 e.